The predicted octanol–water partition coefficient (Wildman–Crippen LogP) is 2.38. The Morgan fingerprint density at radius 3 is 2.65 bits per heavy atom. The summed E-state index contributed by atoms with van der Waals surface area (Å²) >= 11 is 1.65. The Hall–Kier alpha value is -0.420. The lowest BCUT2D eigenvalue weighted by Gasteiger charge is -2.28. The van der Waals surface area contributed by atoms with Gasteiger partial charge in [0.25, 0.3) is 0 Å². The molecule has 98 valence electrons. The lowest BCUT2D eigenvalue weighted by Crippen LogP contribution is -2.39. The maximum Gasteiger partial charge on any atom is 0.411 e. The van der Waals surface area contributed by atoms with Crippen molar-refractivity contribution < 1.29 is 9.53 Å². The number of hydrogen-bond donors (Lipinski definition) is 1. The summed E-state index contributed by atoms with van der Waals surface area (Å²) in [6, 6.07) is 0. The smallest absolute Gasteiger partial charge is 0.411 e. The molecule has 2 N–H and O–H groups in total. The molecular formula is C12H22N2O2S. The number of ether oxygens (including phenoxy) is 1. The topological polar surface area (TPSA) is 55.6 Å². The van der Waals surface area contributed by atoms with Crippen LogP contribution in [0.2, 0.25) is 0 Å². The number of carbonyl (C=O) groups excluding carboxylic acids is 1. The lowest BCUT2D eigenvalue weighted by molar-refractivity contribution is 0.0269. The Bertz CT molecular complexity index is 310. The molecule has 1 saturated heterocycles. The summed E-state index contributed by atoms with van der Waals surface area (Å²) in [5, 5.41) is 0.206. The first-order valence-corrected chi connectivity index (χ1v) is 7.21. The molecule has 0 aromatic heterocycles. The summed E-state index contributed by atoms with van der Waals surface area (Å²) in [6.07, 6.45) is 3.38. The van der Waals surface area contributed by atoms with Gasteiger partial charge < -0.3 is 10.5 Å². The minimum absolute atomic E-state index is 0.188. The molecule has 1 saturated carbocycles. The molecule has 4 nitrogen and oxygen atoms in total. The van der Waals surface area contributed by atoms with Crippen LogP contribution in [0, 0.1) is 5.41 Å². The number of nitrogens with two attached hydrogens (primary N) is 1. The van der Waals surface area contributed by atoms with Crippen molar-refractivity contribution in [2.45, 2.75) is 51.0 Å². The van der Waals surface area contributed by atoms with Crippen LogP contribution in [0.25, 0.3) is 0 Å². The highest BCUT2D eigenvalue weighted by atomic mass is 32.2. The molecule has 1 amide bonds. The molecule has 0 aromatic rings. The Balaban J connectivity index is 2.00. The zero-order valence-corrected chi connectivity index (χ0v) is 11.7. The molecule has 1 unspecified atom stereocenters. The third kappa shape index (κ3) is 3.07. The van der Waals surface area contributed by atoms with E-state index < -0.39 is 5.60 Å². The van der Waals surface area contributed by atoms with Gasteiger partial charge in [-0.2, -0.15) is 0 Å². The van der Waals surface area contributed by atoms with Crippen molar-refractivity contribution in [1.29, 1.82) is 0 Å². The van der Waals surface area contributed by atoms with Crippen molar-refractivity contribution in [3.05, 3.63) is 0 Å². The number of carbonyl (C=O) groups is 1. The van der Waals surface area contributed by atoms with E-state index in [1.54, 1.807) is 11.8 Å². The van der Waals surface area contributed by atoms with Gasteiger partial charge >= 0.3 is 6.09 Å². The molecule has 2 fully saturated rings. The van der Waals surface area contributed by atoms with Crippen molar-refractivity contribution in [3.8, 4) is 0 Å². The summed E-state index contributed by atoms with van der Waals surface area (Å²) in [4.78, 5) is 14.0. The summed E-state index contributed by atoms with van der Waals surface area (Å²) in [5.74, 6) is 0.556. The maximum absolute atomic E-state index is 12.1. The van der Waals surface area contributed by atoms with Gasteiger partial charge in [-0.1, -0.05) is 0 Å². The van der Waals surface area contributed by atoms with E-state index >= 15 is 0 Å². The second kappa shape index (κ2) is 4.35. The molecule has 5 heteroatoms. The van der Waals surface area contributed by atoms with Crippen LogP contribution in [-0.4, -0.2) is 34.4 Å². The van der Waals surface area contributed by atoms with Crippen LogP contribution in [-0.2, 0) is 4.74 Å². The standard InChI is InChI=1S/C12H22N2O2S/c1-11(2,3)16-10(15)14-7-12(4-5-12)6-9(14)17-8-13/h9H,4-8,13H2,1-3H3. The fraction of sp³-hybridized carbons (Fsp3) is 0.917. The summed E-state index contributed by atoms with van der Waals surface area (Å²) < 4.78 is 5.45. The largest absolute Gasteiger partial charge is 0.444 e. The molecule has 0 bridgehead atoms. The number of amides is 1. The van der Waals surface area contributed by atoms with Gasteiger partial charge in [0.15, 0.2) is 0 Å². The molecule has 2 aliphatic rings. The van der Waals surface area contributed by atoms with Gasteiger partial charge in [-0.15, -0.1) is 11.8 Å². The summed E-state index contributed by atoms with van der Waals surface area (Å²) in [6.45, 7) is 6.55. The van der Waals surface area contributed by atoms with Crippen molar-refractivity contribution >= 4 is 17.9 Å². The highest BCUT2D eigenvalue weighted by molar-refractivity contribution is 7.99. The Morgan fingerprint density at radius 2 is 2.18 bits per heavy atom. The van der Waals surface area contributed by atoms with E-state index in [1.165, 1.54) is 12.8 Å². The third-order valence-corrected chi connectivity index (χ3v) is 4.33. The van der Waals surface area contributed by atoms with E-state index in [1.807, 2.05) is 25.7 Å². The van der Waals surface area contributed by atoms with Gasteiger partial charge in [-0.05, 0) is 45.4 Å². The van der Waals surface area contributed by atoms with E-state index in [4.69, 9.17) is 10.5 Å². The van der Waals surface area contributed by atoms with Crippen LogP contribution in [0.3, 0.4) is 0 Å². The minimum atomic E-state index is -0.422. The molecule has 1 spiro atoms. The maximum atomic E-state index is 12.1. The van der Waals surface area contributed by atoms with Crippen molar-refractivity contribution in [2.24, 2.45) is 11.1 Å². The van der Waals surface area contributed by atoms with E-state index in [0.717, 1.165) is 13.0 Å². The predicted molar refractivity (Wildman–Crippen MR) is 69.7 cm³/mol. The molecule has 1 aliphatic heterocycles. The van der Waals surface area contributed by atoms with Crippen LogP contribution in [0.1, 0.15) is 40.0 Å². The Morgan fingerprint density at radius 1 is 1.53 bits per heavy atom. The molecule has 1 aliphatic carbocycles. The Labute approximate surface area is 107 Å². The zero-order valence-electron chi connectivity index (χ0n) is 10.9. The van der Waals surface area contributed by atoms with Gasteiger partial charge in [0.1, 0.15) is 5.60 Å². The van der Waals surface area contributed by atoms with E-state index in [0.29, 0.717) is 11.3 Å². The fourth-order valence-electron chi connectivity index (χ4n) is 2.31. The second-order valence-electron chi connectivity index (χ2n) is 6.10. The summed E-state index contributed by atoms with van der Waals surface area (Å²) in [5.41, 5.74) is 5.56. The van der Waals surface area contributed by atoms with Gasteiger partial charge in [0, 0.05) is 12.4 Å². The van der Waals surface area contributed by atoms with Gasteiger partial charge in [-0.25, -0.2) is 4.79 Å². The average Bonchev–Trinajstić information content (AvgIpc) is 2.80. The van der Waals surface area contributed by atoms with Crippen molar-refractivity contribution in [3.63, 3.8) is 0 Å². The summed E-state index contributed by atoms with van der Waals surface area (Å²) in [7, 11) is 0. The quantitative estimate of drug-likeness (QED) is 0.773. The Kier molecular flexibility index (Phi) is 3.34. The van der Waals surface area contributed by atoms with E-state index in [-0.39, 0.29) is 11.5 Å². The molecule has 1 heterocycles. The number of likely N-dealkylation sites (tertiary alicyclic amines) is 1. The minimum Gasteiger partial charge on any atom is -0.444 e. The SMILES string of the molecule is CC(C)(C)OC(=O)N1CC2(CC2)CC1SCN. The first-order valence-electron chi connectivity index (χ1n) is 6.17. The molecule has 1 atom stereocenters. The molecular weight excluding hydrogens is 236 g/mol. The number of nitrogens with zero attached hydrogens (tertiary/aromatic N) is 1. The molecule has 0 radical (unpaired) electrons. The highest BCUT2D eigenvalue weighted by Crippen LogP contribution is 2.56. The fourth-order valence-corrected chi connectivity index (χ4v) is 3.34. The average molecular weight is 258 g/mol. The van der Waals surface area contributed by atoms with Gasteiger partial charge in [0.05, 0.1) is 5.37 Å². The normalized spacial score (nSPS) is 26.4. The van der Waals surface area contributed by atoms with Gasteiger partial charge in [-0.3, -0.25) is 4.90 Å². The number of thioether (sulfide) groups is 1. The van der Waals surface area contributed by atoms with Crippen LogP contribution >= 0.6 is 11.8 Å². The van der Waals surface area contributed by atoms with Crippen LogP contribution in [0.5, 0.6) is 0 Å². The molecule has 17 heavy (non-hydrogen) atoms. The van der Waals surface area contributed by atoms with E-state index in [2.05, 4.69) is 0 Å². The second-order valence-corrected chi connectivity index (χ2v) is 7.31. The monoisotopic (exact) mass is 258 g/mol. The van der Waals surface area contributed by atoms with Crippen molar-refractivity contribution in [1.82, 2.24) is 4.90 Å². The third-order valence-electron chi connectivity index (χ3n) is 3.33. The first-order chi connectivity index (χ1) is 7.85. The van der Waals surface area contributed by atoms with Gasteiger partial charge in [0.2, 0.25) is 0 Å². The molecule has 2 rings (SSSR count). The van der Waals surface area contributed by atoms with Crippen LogP contribution in [0.4, 0.5) is 4.79 Å². The number of rotatable bonds is 2. The highest BCUT2D eigenvalue weighted by Gasteiger charge is 2.53. The lowest BCUT2D eigenvalue weighted by atomic mass is 10.1. The molecule has 0 aromatic carbocycles. The first kappa shape index (κ1) is 13.0. The van der Waals surface area contributed by atoms with E-state index in [9.17, 15) is 4.79 Å². The van der Waals surface area contributed by atoms with Crippen molar-refractivity contribution in [2.75, 3.05) is 12.4 Å². The zero-order chi connectivity index (χ0) is 12.7. The van der Waals surface area contributed by atoms with Crippen LogP contribution < -0.4 is 5.73 Å². The van der Waals surface area contributed by atoms with Crippen LogP contribution in [0.15, 0.2) is 0 Å². The number of hydrogen-bond acceptors (Lipinski definition) is 4.